The van der Waals surface area contributed by atoms with E-state index < -0.39 is 5.97 Å². The minimum absolute atomic E-state index is 0.135. The molecule has 1 saturated carbocycles. The smallest absolute Gasteiger partial charge is 0.303 e. The van der Waals surface area contributed by atoms with E-state index in [9.17, 15) is 9.59 Å². The molecule has 1 heterocycles. The predicted octanol–water partition coefficient (Wildman–Crippen LogP) is 0.766. The molecule has 1 aliphatic heterocycles. The molecule has 0 aromatic carbocycles. The van der Waals surface area contributed by atoms with Crippen molar-refractivity contribution in [1.29, 1.82) is 0 Å². The maximum atomic E-state index is 11.1. The van der Waals surface area contributed by atoms with Gasteiger partial charge in [0.2, 0.25) is 5.91 Å². The Kier molecular flexibility index (Phi) is 2.44. The fourth-order valence-corrected chi connectivity index (χ4v) is 2.68. The van der Waals surface area contributed by atoms with Crippen LogP contribution in [-0.2, 0) is 9.59 Å². The number of amides is 1. The predicted molar refractivity (Wildman–Crippen MR) is 49.6 cm³/mol. The fourth-order valence-electron chi connectivity index (χ4n) is 2.68. The fraction of sp³-hybridized carbons (Fsp3) is 0.800. The van der Waals surface area contributed by atoms with Crippen molar-refractivity contribution in [2.45, 2.75) is 38.1 Å². The van der Waals surface area contributed by atoms with Gasteiger partial charge in [-0.2, -0.15) is 0 Å². The summed E-state index contributed by atoms with van der Waals surface area (Å²) in [4.78, 5) is 21.6. The van der Waals surface area contributed by atoms with E-state index in [0.717, 1.165) is 19.3 Å². The number of carbonyl (C=O) groups is 2. The molecule has 2 aliphatic rings. The van der Waals surface area contributed by atoms with Gasteiger partial charge in [-0.1, -0.05) is 0 Å². The van der Waals surface area contributed by atoms with Crippen LogP contribution in [0, 0.1) is 11.8 Å². The van der Waals surface area contributed by atoms with E-state index in [4.69, 9.17) is 5.11 Å². The SMILES string of the molecule is O=C(O)CC1CCC2CC(=O)NC2C1. The van der Waals surface area contributed by atoms with Gasteiger partial charge in [0.1, 0.15) is 0 Å². The van der Waals surface area contributed by atoms with E-state index >= 15 is 0 Å². The Bertz CT molecular complexity index is 264. The topological polar surface area (TPSA) is 66.4 Å². The lowest BCUT2D eigenvalue weighted by atomic mass is 9.78. The third-order valence-electron chi connectivity index (χ3n) is 3.36. The summed E-state index contributed by atoms with van der Waals surface area (Å²) in [6.45, 7) is 0. The van der Waals surface area contributed by atoms with Crippen LogP contribution in [0.15, 0.2) is 0 Å². The molecule has 2 rings (SSSR count). The Hall–Kier alpha value is -1.06. The normalized spacial score (nSPS) is 36.3. The summed E-state index contributed by atoms with van der Waals surface area (Å²) in [5, 5.41) is 11.6. The Morgan fingerprint density at radius 3 is 3.00 bits per heavy atom. The highest BCUT2D eigenvalue weighted by Gasteiger charge is 2.37. The van der Waals surface area contributed by atoms with Crippen molar-refractivity contribution in [3.8, 4) is 0 Å². The molecule has 2 N–H and O–H groups in total. The van der Waals surface area contributed by atoms with Crippen LogP contribution >= 0.6 is 0 Å². The molecule has 3 atom stereocenters. The minimum Gasteiger partial charge on any atom is -0.481 e. The number of hydrogen-bond donors (Lipinski definition) is 2. The van der Waals surface area contributed by atoms with Crippen LogP contribution in [0.5, 0.6) is 0 Å². The second-order valence-corrected chi connectivity index (χ2v) is 4.42. The van der Waals surface area contributed by atoms with Crippen LogP contribution in [0.1, 0.15) is 32.1 Å². The molecular formula is C10H15NO3. The zero-order chi connectivity index (χ0) is 10.1. The summed E-state index contributed by atoms with van der Waals surface area (Å²) in [6.07, 6.45) is 3.70. The molecule has 0 spiro atoms. The lowest BCUT2D eigenvalue weighted by Crippen LogP contribution is -2.35. The van der Waals surface area contributed by atoms with Gasteiger partial charge in [0.15, 0.2) is 0 Å². The quantitative estimate of drug-likeness (QED) is 0.687. The summed E-state index contributed by atoms with van der Waals surface area (Å²) in [5.41, 5.74) is 0. The van der Waals surface area contributed by atoms with Gasteiger partial charge in [0, 0.05) is 18.9 Å². The number of rotatable bonds is 2. The zero-order valence-electron chi connectivity index (χ0n) is 8.03. The highest BCUT2D eigenvalue weighted by molar-refractivity contribution is 5.79. The Morgan fingerprint density at radius 2 is 2.29 bits per heavy atom. The number of nitrogens with one attached hydrogen (secondary N) is 1. The van der Waals surface area contributed by atoms with Gasteiger partial charge in [-0.25, -0.2) is 0 Å². The standard InChI is InChI=1S/C10H15NO3/c12-9-5-7-2-1-6(4-10(13)14)3-8(7)11-9/h6-8H,1-5H2,(H,11,12)(H,13,14). The number of hydrogen-bond acceptors (Lipinski definition) is 2. The average Bonchev–Trinajstić information content (AvgIpc) is 2.42. The summed E-state index contributed by atoms with van der Waals surface area (Å²) in [5.74, 6) is 0.133. The van der Waals surface area contributed by atoms with Crippen molar-refractivity contribution in [2.24, 2.45) is 11.8 Å². The van der Waals surface area contributed by atoms with Gasteiger partial charge < -0.3 is 10.4 Å². The van der Waals surface area contributed by atoms with E-state index in [0.29, 0.717) is 12.3 Å². The monoisotopic (exact) mass is 197 g/mol. The van der Waals surface area contributed by atoms with Gasteiger partial charge in [-0.3, -0.25) is 9.59 Å². The molecule has 0 radical (unpaired) electrons. The first-order valence-corrected chi connectivity index (χ1v) is 5.16. The maximum absolute atomic E-state index is 11.1. The van der Waals surface area contributed by atoms with Crippen LogP contribution < -0.4 is 5.32 Å². The summed E-state index contributed by atoms with van der Waals surface area (Å²) >= 11 is 0. The Morgan fingerprint density at radius 1 is 1.50 bits per heavy atom. The van der Waals surface area contributed by atoms with Crippen LogP contribution in [0.4, 0.5) is 0 Å². The lowest BCUT2D eigenvalue weighted by molar-refractivity contribution is -0.138. The van der Waals surface area contributed by atoms with Crippen molar-refractivity contribution in [2.75, 3.05) is 0 Å². The molecule has 1 saturated heterocycles. The van der Waals surface area contributed by atoms with Crippen molar-refractivity contribution in [3.63, 3.8) is 0 Å². The Balaban J connectivity index is 1.91. The molecule has 2 fully saturated rings. The molecule has 1 aliphatic carbocycles. The number of aliphatic carboxylic acids is 1. The van der Waals surface area contributed by atoms with E-state index in [1.807, 2.05) is 0 Å². The Labute approximate surface area is 82.7 Å². The molecule has 4 nitrogen and oxygen atoms in total. The van der Waals surface area contributed by atoms with Gasteiger partial charge in [-0.05, 0) is 31.1 Å². The van der Waals surface area contributed by atoms with E-state index in [1.165, 1.54) is 0 Å². The molecule has 3 unspecified atom stereocenters. The average molecular weight is 197 g/mol. The van der Waals surface area contributed by atoms with Crippen LogP contribution in [0.2, 0.25) is 0 Å². The van der Waals surface area contributed by atoms with Gasteiger partial charge >= 0.3 is 5.97 Å². The van der Waals surface area contributed by atoms with Gasteiger partial charge in [0.05, 0.1) is 0 Å². The first-order chi connectivity index (χ1) is 6.65. The van der Waals surface area contributed by atoms with E-state index in [1.54, 1.807) is 0 Å². The van der Waals surface area contributed by atoms with Gasteiger partial charge in [-0.15, -0.1) is 0 Å². The summed E-state index contributed by atoms with van der Waals surface area (Å²) in [7, 11) is 0. The summed E-state index contributed by atoms with van der Waals surface area (Å²) < 4.78 is 0. The molecule has 1 amide bonds. The zero-order valence-corrected chi connectivity index (χ0v) is 8.03. The van der Waals surface area contributed by atoms with Crippen LogP contribution in [0.25, 0.3) is 0 Å². The molecule has 4 heteroatoms. The third kappa shape index (κ3) is 1.89. The number of fused-ring (bicyclic) bond motifs is 1. The highest BCUT2D eigenvalue weighted by Crippen LogP contribution is 2.35. The maximum Gasteiger partial charge on any atom is 0.303 e. The van der Waals surface area contributed by atoms with Crippen molar-refractivity contribution in [1.82, 2.24) is 5.32 Å². The largest absolute Gasteiger partial charge is 0.481 e. The minimum atomic E-state index is -0.724. The molecular weight excluding hydrogens is 182 g/mol. The van der Waals surface area contributed by atoms with E-state index in [-0.39, 0.29) is 24.3 Å². The third-order valence-corrected chi connectivity index (χ3v) is 3.36. The number of carboxylic acids is 1. The number of carbonyl (C=O) groups excluding carboxylic acids is 1. The molecule has 0 aromatic heterocycles. The first-order valence-electron chi connectivity index (χ1n) is 5.16. The molecule has 0 aromatic rings. The molecule has 14 heavy (non-hydrogen) atoms. The highest BCUT2D eigenvalue weighted by atomic mass is 16.4. The lowest BCUT2D eigenvalue weighted by Gasteiger charge is -2.30. The van der Waals surface area contributed by atoms with Crippen LogP contribution in [-0.4, -0.2) is 23.0 Å². The van der Waals surface area contributed by atoms with Gasteiger partial charge in [0.25, 0.3) is 0 Å². The van der Waals surface area contributed by atoms with Crippen molar-refractivity contribution < 1.29 is 14.7 Å². The van der Waals surface area contributed by atoms with Crippen molar-refractivity contribution in [3.05, 3.63) is 0 Å². The molecule has 0 bridgehead atoms. The second kappa shape index (κ2) is 3.59. The van der Waals surface area contributed by atoms with Crippen LogP contribution in [0.3, 0.4) is 0 Å². The molecule has 78 valence electrons. The van der Waals surface area contributed by atoms with E-state index in [2.05, 4.69) is 5.32 Å². The number of carboxylic acid groups (broad SMARTS) is 1. The van der Waals surface area contributed by atoms with Crippen molar-refractivity contribution >= 4 is 11.9 Å². The summed E-state index contributed by atoms with van der Waals surface area (Å²) in [6, 6.07) is 0.251. The second-order valence-electron chi connectivity index (χ2n) is 4.42. The first kappa shape index (κ1) is 9.49.